The van der Waals surface area contributed by atoms with Crippen LogP contribution in [-0.2, 0) is 9.53 Å². The summed E-state index contributed by atoms with van der Waals surface area (Å²) in [6.07, 6.45) is 22.0. The summed E-state index contributed by atoms with van der Waals surface area (Å²) in [5.41, 5.74) is 0. The highest BCUT2D eigenvalue weighted by atomic mass is 16.5. The number of carbonyl (C=O) groups is 1. The molecule has 0 radical (unpaired) electrons. The van der Waals surface area contributed by atoms with E-state index in [4.69, 9.17) is 4.74 Å². The summed E-state index contributed by atoms with van der Waals surface area (Å²) in [6.45, 7) is 6.96. The number of ether oxygens (including phenoxy) is 1. The zero-order valence-electron chi connectivity index (χ0n) is 17.4. The molecule has 0 aliphatic rings. The third-order valence-corrected chi connectivity index (χ3v) is 4.22. The van der Waals surface area contributed by atoms with Crippen LogP contribution in [0.4, 0.5) is 0 Å². The first kappa shape index (κ1) is 26.4. The van der Waals surface area contributed by atoms with Gasteiger partial charge in [0.1, 0.15) is 0 Å². The average molecular weight is 356 g/mol. The Hall–Kier alpha value is -0.830. The van der Waals surface area contributed by atoms with E-state index in [9.17, 15) is 4.79 Å². The van der Waals surface area contributed by atoms with Gasteiger partial charge in [0.05, 0.1) is 6.61 Å². The molecule has 0 atom stereocenters. The first-order chi connectivity index (χ1) is 11.7. The number of hydrogen-bond donors (Lipinski definition) is 1. The molecule has 0 aromatic rings. The second kappa shape index (κ2) is 21.2. The Labute approximate surface area is 157 Å². The van der Waals surface area contributed by atoms with Crippen LogP contribution in [0.1, 0.15) is 111 Å². The van der Waals surface area contributed by atoms with Crippen molar-refractivity contribution < 1.29 is 9.53 Å². The third-order valence-electron chi connectivity index (χ3n) is 4.22. The molecule has 0 aliphatic carbocycles. The number of rotatable bonds is 17. The molecule has 0 aliphatic heterocycles. The number of esters is 1. The van der Waals surface area contributed by atoms with Crippen LogP contribution in [0.15, 0.2) is 12.2 Å². The molecule has 0 amide bonds. The van der Waals surface area contributed by atoms with Gasteiger partial charge >= 0.3 is 5.97 Å². The van der Waals surface area contributed by atoms with E-state index in [1.807, 2.05) is 0 Å². The zero-order chi connectivity index (χ0) is 17.9. The van der Waals surface area contributed by atoms with Gasteiger partial charge in [0, 0.05) is 6.42 Å². The van der Waals surface area contributed by atoms with Crippen molar-refractivity contribution in [2.24, 2.45) is 5.92 Å². The highest BCUT2D eigenvalue weighted by molar-refractivity contribution is 5.69. The number of carbonyl (C=O) groups excluding carboxylic acids is 1. The van der Waals surface area contributed by atoms with Crippen LogP contribution in [-0.4, -0.2) is 12.6 Å². The summed E-state index contributed by atoms with van der Waals surface area (Å²) >= 11 is 0. The van der Waals surface area contributed by atoms with Gasteiger partial charge < -0.3 is 10.9 Å². The van der Waals surface area contributed by atoms with Gasteiger partial charge in [0.25, 0.3) is 0 Å². The summed E-state index contributed by atoms with van der Waals surface area (Å²) in [5.74, 6) is 0.407. The van der Waals surface area contributed by atoms with Crippen LogP contribution in [0.5, 0.6) is 0 Å². The van der Waals surface area contributed by atoms with Crippen molar-refractivity contribution in [3.05, 3.63) is 12.2 Å². The Kier molecular flexibility index (Phi) is 22.4. The van der Waals surface area contributed by atoms with E-state index in [2.05, 4.69) is 32.9 Å². The highest BCUT2D eigenvalue weighted by Gasteiger charge is 2.03. The molecule has 3 nitrogen and oxygen atoms in total. The van der Waals surface area contributed by atoms with Gasteiger partial charge in [0.15, 0.2) is 0 Å². The lowest BCUT2D eigenvalue weighted by Gasteiger charge is -2.06. The van der Waals surface area contributed by atoms with Crippen molar-refractivity contribution in [1.29, 1.82) is 0 Å². The highest BCUT2D eigenvalue weighted by Crippen LogP contribution is 2.10. The normalized spacial score (nSPS) is 11.0. The molecule has 0 aromatic heterocycles. The van der Waals surface area contributed by atoms with Gasteiger partial charge in [-0.15, -0.1) is 0 Å². The topological polar surface area (TPSA) is 61.3 Å². The zero-order valence-corrected chi connectivity index (χ0v) is 17.4. The molecule has 0 saturated heterocycles. The predicted octanol–water partition coefficient (Wildman–Crippen LogP) is 7.39. The van der Waals surface area contributed by atoms with Crippen molar-refractivity contribution in [1.82, 2.24) is 6.15 Å². The van der Waals surface area contributed by atoms with Crippen molar-refractivity contribution >= 4 is 5.97 Å². The Morgan fingerprint density at radius 2 is 1.28 bits per heavy atom. The number of hydrogen-bond acceptors (Lipinski definition) is 3. The van der Waals surface area contributed by atoms with Gasteiger partial charge in [-0.1, -0.05) is 84.3 Å². The van der Waals surface area contributed by atoms with Gasteiger partial charge in [-0.2, -0.15) is 0 Å². The molecule has 3 heteroatoms. The standard InChI is InChI=1S/C22H42O2.H3N/c1-4-5-6-7-8-9-10-11-12-13-14-15-16-17-18-19-22(23)24-20-21(2)3;/h11-12,21H,4-10,13-20H2,1-3H3;1H3/b12-11-;. The average Bonchev–Trinajstić information content (AvgIpc) is 2.56. The monoisotopic (exact) mass is 355 g/mol. The first-order valence-corrected chi connectivity index (χ1v) is 10.5. The molecule has 3 N–H and O–H groups in total. The van der Waals surface area contributed by atoms with Crippen LogP contribution in [0.3, 0.4) is 0 Å². The molecule has 0 fully saturated rings. The van der Waals surface area contributed by atoms with E-state index >= 15 is 0 Å². The summed E-state index contributed by atoms with van der Waals surface area (Å²) in [5, 5.41) is 0. The lowest BCUT2D eigenvalue weighted by Crippen LogP contribution is -2.09. The Balaban J connectivity index is 0. The number of allylic oxidation sites excluding steroid dienone is 2. The molecular weight excluding hydrogens is 310 g/mol. The van der Waals surface area contributed by atoms with E-state index < -0.39 is 0 Å². The minimum atomic E-state index is -0.0265. The molecule has 0 spiro atoms. The van der Waals surface area contributed by atoms with Crippen LogP contribution in [0, 0.1) is 5.92 Å². The van der Waals surface area contributed by atoms with Crippen LogP contribution < -0.4 is 6.15 Å². The van der Waals surface area contributed by atoms with Crippen LogP contribution >= 0.6 is 0 Å². The maximum absolute atomic E-state index is 11.5. The molecule has 0 bridgehead atoms. The van der Waals surface area contributed by atoms with Crippen molar-refractivity contribution in [3.8, 4) is 0 Å². The quantitative estimate of drug-likeness (QED) is 0.168. The Morgan fingerprint density at radius 3 is 1.80 bits per heavy atom. The summed E-state index contributed by atoms with van der Waals surface area (Å²) in [4.78, 5) is 11.5. The van der Waals surface area contributed by atoms with Crippen molar-refractivity contribution in [2.45, 2.75) is 111 Å². The van der Waals surface area contributed by atoms with Crippen molar-refractivity contribution in [2.75, 3.05) is 6.61 Å². The van der Waals surface area contributed by atoms with Crippen LogP contribution in [0.2, 0.25) is 0 Å². The fourth-order valence-corrected chi connectivity index (χ4v) is 2.67. The van der Waals surface area contributed by atoms with E-state index in [0.29, 0.717) is 18.9 Å². The Morgan fingerprint density at radius 1 is 0.800 bits per heavy atom. The predicted molar refractivity (Wildman–Crippen MR) is 110 cm³/mol. The smallest absolute Gasteiger partial charge is 0.305 e. The van der Waals surface area contributed by atoms with E-state index in [1.54, 1.807) is 0 Å². The van der Waals surface area contributed by atoms with E-state index in [0.717, 1.165) is 12.8 Å². The molecule has 0 aromatic carbocycles. The molecule has 0 unspecified atom stereocenters. The molecule has 0 heterocycles. The molecule has 150 valence electrons. The second-order valence-corrected chi connectivity index (χ2v) is 7.41. The first-order valence-electron chi connectivity index (χ1n) is 10.5. The molecule has 0 rings (SSSR count). The summed E-state index contributed by atoms with van der Waals surface area (Å²) in [7, 11) is 0. The molecular formula is C22H45NO2. The lowest BCUT2D eigenvalue weighted by atomic mass is 10.1. The number of unbranched alkanes of at least 4 members (excludes halogenated alkanes) is 11. The minimum absolute atomic E-state index is 0. The van der Waals surface area contributed by atoms with Gasteiger partial charge in [0.2, 0.25) is 0 Å². The maximum Gasteiger partial charge on any atom is 0.305 e. The molecule has 0 saturated carbocycles. The SMILES string of the molecule is CCCCCCCC/C=C\CCCCCCCC(=O)OCC(C)C.N. The third kappa shape index (κ3) is 23.2. The fraction of sp³-hybridized carbons (Fsp3) is 0.864. The van der Waals surface area contributed by atoms with Gasteiger partial charge in [-0.05, 0) is 38.0 Å². The van der Waals surface area contributed by atoms with Gasteiger partial charge in [-0.3, -0.25) is 4.79 Å². The second-order valence-electron chi connectivity index (χ2n) is 7.41. The fourth-order valence-electron chi connectivity index (χ4n) is 2.67. The largest absolute Gasteiger partial charge is 0.465 e. The van der Waals surface area contributed by atoms with Crippen LogP contribution in [0.25, 0.3) is 0 Å². The lowest BCUT2D eigenvalue weighted by molar-refractivity contribution is -0.144. The van der Waals surface area contributed by atoms with Crippen molar-refractivity contribution in [3.63, 3.8) is 0 Å². The summed E-state index contributed by atoms with van der Waals surface area (Å²) < 4.78 is 5.17. The summed E-state index contributed by atoms with van der Waals surface area (Å²) in [6, 6.07) is 0. The minimum Gasteiger partial charge on any atom is -0.465 e. The van der Waals surface area contributed by atoms with E-state index in [1.165, 1.54) is 70.6 Å². The molecule has 25 heavy (non-hydrogen) atoms. The Bertz CT molecular complexity index is 300. The van der Waals surface area contributed by atoms with E-state index in [-0.39, 0.29) is 12.1 Å². The maximum atomic E-state index is 11.5. The van der Waals surface area contributed by atoms with Gasteiger partial charge in [-0.25, -0.2) is 0 Å².